The zero-order valence-electron chi connectivity index (χ0n) is 12.7. The van der Waals surface area contributed by atoms with E-state index >= 15 is 0 Å². The van der Waals surface area contributed by atoms with Crippen LogP contribution in [0.3, 0.4) is 0 Å². The van der Waals surface area contributed by atoms with E-state index in [-0.39, 0.29) is 6.17 Å². The smallest absolute Gasteiger partial charge is 0.132 e. The SMILES string of the molecule is C=C(C)C1N(CCOc2cscc2C)CCN1C(=C)C. The van der Waals surface area contributed by atoms with Gasteiger partial charge in [-0.15, -0.1) is 11.3 Å². The molecule has 0 N–H and O–H groups in total. The van der Waals surface area contributed by atoms with Gasteiger partial charge in [-0.05, 0) is 31.7 Å². The van der Waals surface area contributed by atoms with Crippen LogP contribution in [0, 0.1) is 6.92 Å². The molecule has 0 spiro atoms. The molecule has 110 valence electrons. The molecule has 0 radical (unpaired) electrons. The largest absolute Gasteiger partial charge is 0.491 e. The van der Waals surface area contributed by atoms with Gasteiger partial charge in [0.2, 0.25) is 0 Å². The fourth-order valence-electron chi connectivity index (χ4n) is 2.66. The molecular formula is C16H24N2OS. The van der Waals surface area contributed by atoms with Gasteiger partial charge < -0.3 is 9.64 Å². The van der Waals surface area contributed by atoms with Crippen molar-refractivity contribution in [2.75, 3.05) is 26.2 Å². The molecule has 2 heterocycles. The van der Waals surface area contributed by atoms with E-state index in [2.05, 4.69) is 54.5 Å². The van der Waals surface area contributed by atoms with Crippen molar-refractivity contribution >= 4 is 11.3 Å². The highest BCUT2D eigenvalue weighted by atomic mass is 32.1. The second-order valence-electron chi connectivity index (χ2n) is 5.45. The summed E-state index contributed by atoms with van der Waals surface area (Å²) in [7, 11) is 0. The molecule has 1 aromatic heterocycles. The average molecular weight is 292 g/mol. The number of aryl methyl sites for hydroxylation is 1. The molecule has 1 atom stereocenters. The van der Waals surface area contributed by atoms with Crippen LogP contribution >= 0.6 is 11.3 Å². The van der Waals surface area contributed by atoms with Crippen molar-refractivity contribution in [3.8, 4) is 5.75 Å². The topological polar surface area (TPSA) is 15.7 Å². The lowest BCUT2D eigenvalue weighted by molar-refractivity contribution is 0.166. The van der Waals surface area contributed by atoms with E-state index in [1.807, 2.05) is 0 Å². The Labute approximate surface area is 126 Å². The molecule has 0 aliphatic carbocycles. The molecule has 1 aliphatic rings. The summed E-state index contributed by atoms with van der Waals surface area (Å²) in [5, 5.41) is 4.18. The van der Waals surface area contributed by atoms with Crippen LogP contribution in [0.25, 0.3) is 0 Å². The Bertz CT molecular complexity index is 494. The second-order valence-corrected chi connectivity index (χ2v) is 6.20. The van der Waals surface area contributed by atoms with Crippen molar-refractivity contribution in [3.05, 3.63) is 40.8 Å². The Hall–Kier alpha value is -1.26. The lowest BCUT2D eigenvalue weighted by atomic mass is 10.2. The molecule has 0 amide bonds. The molecule has 1 fully saturated rings. The number of thiophene rings is 1. The van der Waals surface area contributed by atoms with Crippen LogP contribution in [0.5, 0.6) is 5.75 Å². The predicted octanol–water partition coefficient (Wildman–Crippen LogP) is 3.49. The van der Waals surface area contributed by atoms with Gasteiger partial charge in [0.15, 0.2) is 0 Å². The molecule has 1 saturated heterocycles. The van der Waals surface area contributed by atoms with E-state index in [9.17, 15) is 0 Å². The molecule has 1 aliphatic heterocycles. The van der Waals surface area contributed by atoms with Gasteiger partial charge >= 0.3 is 0 Å². The highest BCUT2D eigenvalue weighted by Gasteiger charge is 2.31. The number of hydrogen-bond acceptors (Lipinski definition) is 4. The van der Waals surface area contributed by atoms with Crippen molar-refractivity contribution in [2.45, 2.75) is 26.9 Å². The molecule has 0 bridgehead atoms. The zero-order chi connectivity index (χ0) is 14.7. The Morgan fingerprint density at radius 1 is 1.35 bits per heavy atom. The molecule has 1 unspecified atom stereocenters. The van der Waals surface area contributed by atoms with E-state index < -0.39 is 0 Å². The van der Waals surface area contributed by atoms with Gasteiger partial charge in [-0.3, -0.25) is 4.90 Å². The Balaban J connectivity index is 1.90. The fraction of sp³-hybridized carbons (Fsp3) is 0.500. The van der Waals surface area contributed by atoms with Crippen LogP contribution < -0.4 is 4.74 Å². The van der Waals surface area contributed by atoms with E-state index in [1.54, 1.807) is 11.3 Å². The van der Waals surface area contributed by atoms with Crippen molar-refractivity contribution < 1.29 is 4.74 Å². The summed E-state index contributed by atoms with van der Waals surface area (Å²) >= 11 is 1.69. The third-order valence-corrected chi connectivity index (χ3v) is 4.48. The number of allylic oxidation sites excluding steroid dienone is 1. The quantitative estimate of drug-likeness (QED) is 0.747. The maximum absolute atomic E-state index is 5.86. The Morgan fingerprint density at radius 3 is 2.65 bits per heavy atom. The van der Waals surface area contributed by atoms with Gasteiger partial charge in [-0.2, -0.15) is 0 Å². The van der Waals surface area contributed by atoms with Gasteiger partial charge in [0.1, 0.15) is 18.5 Å². The maximum atomic E-state index is 5.86. The van der Waals surface area contributed by atoms with Gasteiger partial charge in [-0.25, -0.2) is 0 Å². The van der Waals surface area contributed by atoms with E-state index in [0.29, 0.717) is 6.61 Å². The lowest BCUT2D eigenvalue weighted by Crippen LogP contribution is -2.40. The third-order valence-electron chi connectivity index (χ3n) is 3.64. The summed E-state index contributed by atoms with van der Waals surface area (Å²) in [4.78, 5) is 4.73. The number of hydrogen-bond donors (Lipinski definition) is 0. The van der Waals surface area contributed by atoms with E-state index in [0.717, 1.165) is 36.7 Å². The highest BCUT2D eigenvalue weighted by Crippen LogP contribution is 2.25. The Kier molecular flexibility index (Phi) is 4.89. The molecular weight excluding hydrogens is 268 g/mol. The molecule has 2 rings (SSSR count). The fourth-order valence-corrected chi connectivity index (χ4v) is 3.42. The monoisotopic (exact) mass is 292 g/mol. The number of ether oxygens (including phenoxy) is 1. The standard InChI is InChI=1S/C16H24N2OS/c1-12(2)16-17(6-7-18(16)13(3)4)8-9-19-15-11-20-10-14(15)5/h10-11,16H,1,3,6-9H2,2,4-5H3. The summed E-state index contributed by atoms with van der Waals surface area (Å²) in [5.41, 5.74) is 3.49. The molecule has 3 nitrogen and oxygen atoms in total. The highest BCUT2D eigenvalue weighted by molar-refractivity contribution is 7.08. The first-order chi connectivity index (χ1) is 9.50. The molecule has 0 saturated carbocycles. The lowest BCUT2D eigenvalue weighted by Gasteiger charge is -2.32. The minimum absolute atomic E-state index is 0.264. The van der Waals surface area contributed by atoms with Crippen LogP contribution in [0.15, 0.2) is 35.2 Å². The van der Waals surface area contributed by atoms with Gasteiger partial charge in [-0.1, -0.05) is 13.2 Å². The predicted molar refractivity (Wildman–Crippen MR) is 86.2 cm³/mol. The van der Waals surface area contributed by atoms with Crippen LogP contribution in [0.1, 0.15) is 19.4 Å². The molecule has 4 heteroatoms. The van der Waals surface area contributed by atoms with Crippen LogP contribution in [0.2, 0.25) is 0 Å². The normalized spacial score (nSPS) is 19.4. The van der Waals surface area contributed by atoms with E-state index in [1.165, 1.54) is 5.56 Å². The van der Waals surface area contributed by atoms with Crippen molar-refractivity contribution in [1.82, 2.24) is 9.80 Å². The molecule has 0 aromatic carbocycles. The molecule has 1 aromatic rings. The average Bonchev–Trinajstić information content (AvgIpc) is 2.96. The van der Waals surface area contributed by atoms with Crippen molar-refractivity contribution in [1.29, 1.82) is 0 Å². The summed E-state index contributed by atoms with van der Waals surface area (Å²) in [5.74, 6) is 1.01. The van der Waals surface area contributed by atoms with Crippen molar-refractivity contribution in [2.24, 2.45) is 0 Å². The first kappa shape index (κ1) is 15.1. The Morgan fingerprint density at radius 2 is 2.10 bits per heavy atom. The summed E-state index contributed by atoms with van der Waals surface area (Å²) < 4.78 is 5.86. The third kappa shape index (κ3) is 3.25. The minimum atomic E-state index is 0.264. The van der Waals surface area contributed by atoms with Gasteiger partial charge in [0.05, 0.1) is 0 Å². The first-order valence-electron chi connectivity index (χ1n) is 6.98. The number of rotatable bonds is 6. The number of nitrogens with zero attached hydrogens (tertiary/aromatic N) is 2. The van der Waals surface area contributed by atoms with E-state index in [4.69, 9.17) is 4.74 Å². The van der Waals surface area contributed by atoms with Gasteiger partial charge in [0.25, 0.3) is 0 Å². The summed E-state index contributed by atoms with van der Waals surface area (Å²) in [6.45, 7) is 18.1. The van der Waals surface area contributed by atoms with Crippen LogP contribution in [-0.4, -0.2) is 42.2 Å². The molecule has 20 heavy (non-hydrogen) atoms. The van der Waals surface area contributed by atoms with Crippen LogP contribution in [0.4, 0.5) is 0 Å². The maximum Gasteiger partial charge on any atom is 0.132 e. The van der Waals surface area contributed by atoms with Gasteiger partial charge in [0, 0.05) is 36.3 Å². The van der Waals surface area contributed by atoms with Crippen molar-refractivity contribution in [3.63, 3.8) is 0 Å². The second kappa shape index (κ2) is 6.46. The summed E-state index contributed by atoms with van der Waals surface area (Å²) in [6, 6.07) is 0. The summed E-state index contributed by atoms with van der Waals surface area (Å²) in [6.07, 6.45) is 0.264. The zero-order valence-corrected chi connectivity index (χ0v) is 13.5. The minimum Gasteiger partial charge on any atom is -0.491 e. The first-order valence-corrected chi connectivity index (χ1v) is 7.92. The van der Waals surface area contributed by atoms with Crippen LogP contribution in [-0.2, 0) is 0 Å².